The van der Waals surface area contributed by atoms with E-state index in [-0.39, 0.29) is 18.4 Å². The molecule has 1 unspecified atom stereocenters. The lowest BCUT2D eigenvalue weighted by Crippen LogP contribution is -2.61. The summed E-state index contributed by atoms with van der Waals surface area (Å²) in [5.41, 5.74) is 3.35. The third kappa shape index (κ3) is 4.25. The fourth-order valence-electron chi connectivity index (χ4n) is 3.81. The van der Waals surface area contributed by atoms with Crippen LogP contribution in [0.4, 0.5) is 4.79 Å². The minimum atomic E-state index is -1.33. The molecule has 0 saturated carbocycles. The summed E-state index contributed by atoms with van der Waals surface area (Å²) in [4.78, 5) is 40.8. The Morgan fingerprint density at radius 3 is 2.24 bits per heavy atom. The van der Waals surface area contributed by atoms with Gasteiger partial charge in [0.1, 0.15) is 0 Å². The summed E-state index contributed by atoms with van der Waals surface area (Å²) < 4.78 is 5.45. The molecule has 2 N–H and O–H groups in total. The molecule has 7 heteroatoms. The van der Waals surface area contributed by atoms with Crippen LogP contribution in [0.1, 0.15) is 59.3 Å². The molecule has 0 aromatic rings. The predicted molar refractivity (Wildman–Crippen MR) is 93.7 cm³/mol. The van der Waals surface area contributed by atoms with Crippen molar-refractivity contribution < 1.29 is 19.1 Å². The Balaban J connectivity index is 2.27. The van der Waals surface area contributed by atoms with E-state index in [1.165, 1.54) is 0 Å². The van der Waals surface area contributed by atoms with Gasteiger partial charge in [0.05, 0.1) is 6.54 Å². The Kier molecular flexibility index (Phi) is 5.95. The van der Waals surface area contributed by atoms with Crippen LogP contribution in [0.2, 0.25) is 0 Å². The highest BCUT2D eigenvalue weighted by Crippen LogP contribution is 2.41. The molecule has 0 aromatic heterocycles. The standard InChI is InChI=1S/C18H31N3O4/c1-17(2,3)18(25-16(19)24)9-5-4-6-12-21(15(18)23)13-14(22)20-10-7-8-11-20/h4-13H2,1-3H3,(H2,19,24). The highest BCUT2D eigenvalue weighted by molar-refractivity contribution is 5.92. The Morgan fingerprint density at radius 2 is 1.68 bits per heavy atom. The highest BCUT2D eigenvalue weighted by atomic mass is 16.6. The zero-order valence-electron chi connectivity index (χ0n) is 15.7. The summed E-state index contributed by atoms with van der Waals surface area (Å²) in [7, 11) is 0. The van der Waals surface area contributed by atoms with Crippen molar-refractivity contribution in [2.24, 2.45) is 11.1 Å². The van der Waals surface area contributed by atoms with Gasteiger partial charge in [-0.2, -0.15) is 0 Å². The number of primary amides is 1. The maximum atomic E-state index is 13.4. The predicted octanol–water partition coefficient (Wildman–Crippen LogP) is 1.89. The summed E-state index contributed by atoms with van der Waals surface area (Å²) in [5.74, 6) is -0.334. The molecule has 0 aromatic carbocycles. The van der Waals surface area contributed by atoms with Gasteiger partial charge in [-0.15, -0.1) is 0 Å². The van der Waals surface area contributed by atoms with E-state index in [1.807, 2.05) is 20.8 Å². The first kappa shape index (κ1) is 19.5. The van der Waals surface area contributed by atoms with Crippen molar-refractivity contribution in [3.05, 3.63) is 0 Å². The van der Waals surface area contributed by atoms with Gasteiger partial charge in [-0.1, -0.05) is 27.2 Å². The molecule has 0 spiro atoms. The smallest absolute Gasteiger partial charge is 0.405 e. The number of rotatable bonds is 3. The normalized spacial score (nSPS) is 25.5. The maximum Gasteiger partial charge on any atom is 0.405 e. The first-order chi connectivity index (χ1) is 11.7. The van der Waals surface area contributed by atoms with Crippen molar-refractivity contribution in [2.45, 2.75) is 64.9 Å². The van der Waals surface area contributed by atoms with Crippen molar-refractivity contribution in [3.8, 4) is 0 Å². The van der Waals surface area contributed by atoms with E-state index in [0.717, 1.165) is 45.2 Å². The fourth-order valence-corrected chi connectivity index (χ4v) is 3.81. The minimum absolute atomic E-state index is 0.0340. The molecule has 2 heterocycles. The van der Waals surface area contributed by atoms with E-state index in [9.17, 15) is 14.4 Å². The first-order valence-electron chi connectivity index (χ1n) is 9.23. The molecule has 0 bridgehead atoms. The van der Waals surface area contributed by atoms with Crippen LogP contribution < -0.4 is 5.73 Å². The van der Waals surface area contributed by atoms with Gasteiger partial charge >= 0.3 is 6.09 Å². The maximum absolute atomic E-state index is 13.4. The van der Waals surface area contributed by atoms with Crippen molar-refractivity contribution in [1.82, 2.24) is 9.80 Å². The molecule has 25 heavy (non-hydrogen) atoms. The molecule has 0 radical (unpaired) electrons. The number of carbonyl (C=O) groups is 3. The van der Waals surface area contributed by atoms with Crippen LogP contribution in [-0.2, 0) is 14.3 Å². The molecule has 1 atom stereocenters. The van der Waals surface area contributed by atoms with Crippen LogP contribution in [0.25, 0.3) is 0 Å². The lowest BCUT2D eigenvalue weighted by Gasteiger charge is -2.45. The van der Waals surface area contributed by atoms with E-state index >= 15 is 0 Å². The van der Waals surface area contributed by atoms with E-state index in [2.05, 4.69) is 0 Å². The largest absolute Gasteiger partial charge is 0.432 e. The monoisotopic (exact) mass is 353 g/mol. The Hall–Kier alpha value is -1.79. The van der Waals surface area contributed by atoms with Crippen molar-refractivity contribution in [3.63, 3.8) is 0 Å². The number of hydrogen-bond donors (Lipinski definition) is 1. The highest BCUT2D eigenvalue weighted by Gasteiger charge is 2.54. The molecule has 2 aliphatic heterocycles. The third-order valence-corrected chi connectivity index (χ3v) is 5.36. The number of nitrogens with two attached hydrogens (primary N) is 1. The van der Waals surface area contributed by atoms with Gasteiger partial charge in [0, 0.05) is 25.0 Å². The van der Waals surface area contributed by atoms with Gasteiger partial charge in [0.15, 0.2) is 5.60 Å². The summed E-state index contributed by atoms with van der Waals surface area (Å²) in [5, 5.41) is 0. The fraction of sp³-hybridized carbons (Fsp3) is 0.833. The molecule has 142 valence electrons. The van der Waals surface area contributed by atoms with Crippen LogP contribution in [0, 0.1) is 5.41 Å². The number of hydrogen-bond acceptors (Lipinski definition) is 4. The van der Waals surface area contributed by atoms with Crippen LogP contribution >= 0.6 is 0 Å². The number of likely N-dealkylation sites (tertiary alicyclic amines) is 2. The Labute approximate surface area is 149 Å². The number of ether oxygens (including phenoxy) is 1. The van der Waals surface area contributed by atoms with Crippen LogP contribution in [0.5, 0.6) is 0 Å². The summed E-state index contributed by atoms with van der Waals surface area (Å²) in [6.45, 7) is 7.66. The van der Waals surface area contributed by atoms with Gasteiger partial charge in [-0.3, -0.25) is 9.59 Å². The third-order valence-electron chi connectivity index (χ3n) is 5.36. The van der Waals surface area contributed by atoms with E-state index < -0.39 is 17.1 Å². The summed E-state index contributed by atoms with van der Waals surface area (Å²) in [6.07, 6.45) is 4.04. The molecular formula is C18H31N3O4. The topological polar surface area (TPSA) is 92.9 Å². The summed E-state index contributed by atoms with van der Waals surface area (Å²) in [6, 6.07) is 0. The number of nitrogens with zero attached hydrogens (tertiary/aromatic N) is 2. The van der Waals surface area contributed by atoms with Crippen LogP contribution in [0.3, 0.4) is 0 Å². The van der Waals surface area contributed by atoms with Gasteiger partial charge < -0.3 is 20.3 Å². The minimum Gasteiger partial charge on any atom is -0.432 e. The van der Waals surface area contributed by atoms with Gasteiger partial charge in [0.25, 0.3) is 5.91 Å². The van der Waals surface area contributed by atoms with Crippen molar-refractivity contribution in [2.75, 3.05) is 26.2 Å². The second-order valence-corrected chi connectivity index (χ2v) is 8.12. The number of amides is 3. The second-order valence-electron chi connectivity index (χ2n) is 8.12. The first-order valence-corrected chi connectivity index (χ1v) is 9.23. The quantitative estimate of drug-likeness (QED) is 0.838. The van der Waals surface area contributed by atoms with E-state index in [0.29, 0.717) is 13.0 Å². The molecule has 2 saturated heterocycles. The molecule has 0 aliphatic carbocycles. The van der Waals surface area contributed by atoms with Crippen LogP contribution in [-0.4, -0.2) is 59.5 Å². The average Bonchev–Trinajstić information content (AvgIpc) is 3.03. The average molecular weight is 353 g/mol. The molecule has 7 nitrogen and oxygen atoms in total. The Bertz CT molecular complexity index is 523. The van der Waals surface area contributed by atoms with Crippen LogP contribution in [0.15, 0.2) is 0 Å². The molecular weight excluding hydrogens is 322 g/mol. The molecule has 3 amide bonds. The SMILES string of the molecule is CC(C)(C)C1(OC(N)=O)CCCCCN(CC(=O)N2CCCC2)C1=O. The van der Waals surface area contributed by atoms with E-state index in [4.69, 9.17) is 10.5 Å². The van der Waals surface area contributed by atoms with Gasteiger partial charge in [0.2, 0.25) is 5.91 Å². The van der Waals surface area contributed by atoms with Gasteiger partial charge in [-0.05, 0) is 32.1 Å². The zero-order chi connectivity index (χ0) is 18.7. The lowest BCUT2D eigenvalue weighted by molar-refractivity contribution is -0.168. The molecule has 2 fully saturated rings. The number of carbonyl (C=O) groups excluding carboxylic acids is 3. The zero-order valence-corrected chi connectivity index (χ0v) is 15.7. The van der Waals surface area contributed by atoms with Crippen molar-refractivity contribution >= 4 is 17.9 Å². The second kappa shape index (κ2) is 7.62. The lowest BCUT2D eigenvalue weighted by atomic mass is 9.71. The van der Waals surface area contributed by atoms with E-state index in [1.54, 1.807) is 9.80 Å². The summed E-state index contributed by atoms with van der Waals surface area (Å²) >= 11 is 0. The Morgan fingerprint density at radius 1 is 1.08 bits per heavy atom. The molecule has 2 rings (SSSR count). The van der Waals surface area contributed by atoms with Crippen molar-refractivity contribution in [1.29, 1.82) is 0 Å². The van der Waals surface area contributed by atoms with Gasteiger partial charge in [-0.25, -0.2) is 4.79 Å². The molecule has 2 aliphatic rings.